The molecule has 1 aromatic rings. The maximum Gasteiger partial charge on any atom is 0.317 e. The van der Waals surface area contributed by atoms with Crippen LogP contribution in [0.1, 0.15) is 37.1 Å². The van der Waals surface area contributed by atoms with Gasteiger partial charge in [-0.25, -0.2) is 4.79 Å². The molecule has 1 aliphatic rings. The average molecular weight is 322 g/mol. The Morgan fingerprint density at radius 3 is 2.74 bits per heavy atom. The molecule has 130 valence electrons. The second-order valence-electron chi connectivity index (χ2n) is 6.87. The van der Waals surface area contributed by atoms with Crippen LogP contribution in [0.3, 0.4) is 0 Å². The molecule has 0 radical (unpaired) electrons. The summed E-state index contributed by atoms with van der Waals surface area (Å²) in [6.45, 7) is 7.06. The zero-order valence-electron chi connectivity index (χ0n) is 14.9. The number of aryl methyl sites for hydroxylation is 3. The van der Waals surface area contributed by atoms with Gasteiger partial charge in [0.2, 0.25) is 0 Å². The van der Waals surface area contributed by atoms with Crippen molar-refractivity contribution < 1.29 is 9.53 Å². The van der Waals surface area contributed by atoms with Gasteiger partial charge in [-0.1, -0.05) is 6.42 Å². The number of ether oxygens (including phenoxy) is 1. The maximum atomic E-state index is 12.2. The Bertz CT molecular complexity index is 523. The van der Waals surface area contributed by atoms with E-state index in [-0.39, 0.29) is 11.4 Å². The first kappa shape index (κ1) is 17.8. The number of aromatic nitrogens is 2. The molecule has 1 saturated carbocycles. The second-order valence-corrected chi connectivity index (χ2v) is 6.87. The van der Waals surface area contributed by atoms with Gasteiger partial charge >= 0.3 is 6.03 Å². The molecule has 0 spiro atoms. The Morgan fingerprint density at radius 1 is 1.48 bits per heavy atom. The summed E-state index contributed by atoms with van der Waals surface area (Å²) in [5.41, 5.74) is 2.37. The van der Waals surface area contributed by atoms with E-state index in [4.69, 9.17) is 4.74 Å². The van der Waals surface area contributed by atoms with E-state index in [0.29, 0.717) is 6.54 Å². The van der Waals surface area contributed by atoms with Crippen LogP contribution in [-0.4, -0.2) is 54.6 Å². The van der Waals surface area contributed by atoms with Crippen molar-refractivity contribution >= 4 is 6.03 Å². The van der Waals surface area contributed by atoms with Gasteiger partial charge in [-0.2, -0.15) is 5.10 Å². The number of urea groups is 1. The fourth-order valence-electron chi connectivity index (χ4n) is 3.21. The van der Waals surface area contributed by atoms with E-state index < -0.39 is 0 Å². The third-order valence-corrected chi connectivity index (χ3v) is 4.79. The van der Waals surface area contributed by atoms with Gasteiger partial charge < -0.3 is 15.0 Å². The molecule has 6 heteroatoms. The standard InChI is InChI=1S/C17H30N4O2/c1-14-11-15(2)21(19-14)10-6-9-20(3)16(22)18-12-17(13-23-4)7-5-8-17/h11H,5-10,12-13H2,1-4H3,(H,18,22). The van der Waals surface area contributed by atoms with Crippen molar-refractivity contribution in [2.75, 3.05) is 33.9 Å². The molecule has 1 aromatic heterocycles. The smallest absolute Gasteiger partial charge is 0.317 e. The maximum absolute atomic E-state index is 12.2. The number of hydrogen-bond acceptors (Lipinski definition) is 3. The lowest BCUT2D eigenvalue weighted by molar-refractivity contribution is 0.0192. The monoisotopic (exact) mass is 322 g/mol. The number of methoxy groups -OCH3 is 1. The third kappa shape index (κ3) is 4.70. The van der Waals surface area contributed by atoms with Crippen LogP contribution < -0.4 is 5.32 Å². The van der Waals surface area contributed by atoms with Crippen LogP contribution in [0.15, 0.2) is 6.07 Å². The fraction of sp³-hybridized carbons (Fsp3) is 0.765. The number of amides is 2. The van der Waals surface area contributed by atoms with Gasteiger partial charge in [0.05, 0.1) is 12.3 Å². The fourth-order valence-corrected chi connectivity index (χ4v) is 3.21. The summed E-state index contributed by atoms with van der Waals surface area (Å²) in [5.74, 6) is 0. The lowest BCUT2D eigenvalue weighted by Crippen LogP contribution is -2.48. The van der Waals surface area contributed by atoms with E-state index in [0.717, 1.165) is 44.7 Å². The van der Waals surface area contributed by atoms with Gasteiger partial charge in [0, 0.05) is 44.9 Å². The number of carbonyl (C=O) groups excluding carboxylic acids is 1. The molecule has 2 rings (SSSR count). The van der Waals surface area contributed by atoms with Gasteiger partial charge in [0.25, 0.3) is 0 Å². The van der Waals surface area contributed by atoms with E-state index in [9.17, 15) is 4.79 Å². The van der Waals surface area contributed by atoms with Crippen molar-refractivity contribution in [1.82, 2.24) is 20.0 Å². The number of carbonyl (C=O) groups is 1. The van der Waals surface area contributed by atoms with Gasteiger partial charge in [-0.3, -0.25) is 4.68 Å². The van der Waals surface area contributed by atoms with E-state index in [1.165, 1.54) is 12.1 Å². The molecule has 1 heterocycles. The summed E-state index contributed by atoms with van der Waals surface area (Å²) in [7, 11) is 3.58. The molecule has 0 aliphatic heterocycles. The van der Waals surface area contributed by atoms with Crippen LogP contribution in [-0.2, 0) is 11.3 Å². The SMILES string of the molecule is COCC1(CNC(=O)N(C)CCCn2nc(C)cc2C)CCC1. The second kappa shape index (κ2) is 7.81. The lowest BCUT2D eigenvalue weighted by Gasteiger charge is -2.41. The minimum absolute atomic E-state index is 0.000691. The molecule has 0 aromatic carbocycles. The third-order valence-electron chi connectivity index (χ3n) is 4.79. The molecule has 0 unspecified atom stereocenters. The largest absolute Gasteiger partial charge is 0.384 e. The molecule has 0 saturated heterocycles. The molecule has 23 heavy (non-hydrogen) atoms. The summed E-state index contributed by atoms with van der Waals surface area (Å²) in [6.07, 6.45) is 4.42. The molecule has 1 fully saturated rings. The molecule has 0 atom stereocenters. The summed E-state index contributed by atoms with van der Waals surface area (Å²) >= 11 is 0. The van der Waals surface area contributed by atoms with E-state index in [1.807, 2.05) is 18.7 Å². The summed E-state index contributed by atoms with van der Waals surface area (Å²) in [5, 5.41) is 7.50. The lowest BCUT2D eigenvalue weighted by atomic mass is 9.69. The van der Waals surface area contributed by atoms with Crippen molar-refractivity contribution in [1.29, 1.82) is 0 Å². The zero-order valence-corrected chi connectivity index (χ0v) is 14.9. The van der Waals surface area contributed by atoms with Crippen LogP contribution >= 0.6 is 0 Å². The highest BCUT2D eigenvalue weighted by Gasteiger charge is 2.37. The molecule has 1 N–H and O–H groups in total. The van der Waals surface area contributed by atoms with Crippen molar-refractivity contribution in [3.63, 3.8) is 0 Å². The van der Waals surface area contributed by atoms with Gasteiger partial charge in [-0.05, 0) is 39.2 Å². The van der Waals surface area contributed by atoms with Gasteiger partial charge in [-0.15, -0.1) is 0 Å². The normalized spacial score (nSPS) is 16.0. The number of nitrogens with zero attached hydrogens (tertiary/aromatic N) is 3. The summed E-state index contributed by atoms with van der Waals surface area (Å²) < 4.78 is 7.30. The number of hydrogen-bond donors (Lipinski definition) is 1. The van der Waals surface area contributed by atoms with Crippen molar-refractivity contribution in [2.24, 2.45) is 5.41 Å². The highest BCUT2D eigenvalue weighted by atomic mass is 16.5. The van der Waals surface area contributed by atoms with Gasteiger partial charge in [0.1, 0.15) is 0 Å². The first-order valence-corrected chi connectivity index (χ1v) is 8.45. The molecule has 2 amide bonds. The molecular formula is C17H30N4O2. The predicted octanol–water partition coefficient (Wildman–Crippen LogP) is 2.35. The van der Waals surface area contributed by atoms with E-state index in [1.54, 1.807) is 12.0 Å². The topological polar surface area (TPSA) is 59.4 Å². The zero-order chi connectivity index (χ0) is 16.9. The Labute approximate surface area is 139 Å². The average Bonchev–Trinajstić information content (AvgIpc) is 2.79. The Morgan fingerprint density at radius 2 is 2.22 bits per heavy atom. The summed E-state index contributed by atoms with van der Waals surface area (Å²) in [6, 6.07) is 2.07. The van der Waals surface area contributed by atoms with Gasteiger partial charge in [0.15, 0.2) is 0 Å². The van der Waals surface area contributed by atoms with Crippen molar-refractivity contribution in [3.8, 4) is 0 Å². The number of rotatable bonds is 8. The number of nitrogens with one attached hydrogen (secondary N) is 1. The van der Waals surface area contributed by atoms with E-state index in [2.05, 4.69) is 23.4 Å². The highest BCUT2D eigenvalue weighted by molar-refractivity contribution is 5.73. The van der Waals surface area contributed by atoms with Crippen LogP contribution in [0.25, 0.3) is 0 Å². The Balaban J connectivity index is 1.69. The minimum Gasteiger partial charge on any atom is -0.384 e. The Hall–Kier alpha value is -1.56. The molecule has 0 bridgehead atoms. The van der Waals surface area contributed by atoms with Crippen LogP contribution in [0.2, 0.25) is 0 Å². The van der Waals surface area contributed by atoms with E-state index >= 15 is 0 Å². The summed E-state index contributed by atoms with van der Waals surface area (Å²) in [4.78, 5) is 14.0. The molecule has 6 nitrogen and oxygen atoms in total. The Kier molecular flexibility index (Phi) is 6.04. The quantitative estimate of drug-likeness (QED) is 0.799. The van der Waals surface area contributed by atoms with Crippen LogP contribution in [0, 0.1) is 19.3 Å². The predicted molar refractivity (Wildman–Crippen MR) is 90.5 cm³/mol. The first-order valence-electron chi connectivity index (χ1n) is 8.45. The first-order chi connectivity index (χ1) is 11.0. The highest BCUT2D eigenvalue weighted by Crippen LogP contribution is 2.40. The van der Waals surface area contributed by atoms with Crippen molar-refractivity contribution in [2.45, 2.75) is 46.1 Å². The van der Waals surface area contributed by atoms with Crippen LogP contribution in [0.4, 0.5) is 4.79 Å². The minimum atomic E-state index is 0.000691. The van der Waals surface area contributed by atoms with Crippen molar-refractivity contribution in [3.05, 3.63) is 17.5 Å². The van der Waals surface area contributed by atoms with Crippen LogP contribution in [0.5, 0.6) is 0 Å². The molecule has 1 aliphatic carbocycles. The molecular weight excluding hydrogens is 292 g/mol.